The Bertz CT molecular complexity index is 556. The Kier molecular flexibility index (Phi) is 6.71. The van der Waals surface area contributed by atoms with Gasteiger partial charge in [-0.1, -0.05) is 56.2 Å². The molecule has 1 unspecified atom stereocenters. The van der Waals surface area contributed by atoms with E-state index in [-0.39, 0.29) is 0 Å². The van der Waals surface area contributed by atoms with Crippen molar-refractivity contribution < 1.29 is 5.11 Å². The quantitative estimate of drug-likeness (QED) is 0.680. The summed E-state index contributed by atoms with van der Waals surface area (Å²) in [5.41, 5.74) is 1.50. The van der Waals surface area contributed by atoms with E-state index in [0.29, 0.717) is 11.5 Å². The van der Waals surface area contributed by atoms with Crippen molar-refractivity contribution in [2.45, 2.75) is 56.8 Å². The first-order valence-electron chi connectivity index (χ1n) is 8.41. The van der Waals surface area contributed by atoms with Crippen molar-refractivity contribution in [3.05, 3.63) is 35.4 Å². The Hall–Kier alpha value is -1.55. The van der Waals surface area contributed by atoms with Crippen molar-refractivity contribution in [3.8, 4) is 17.9 Å². The molecule has 1 aromatic carbocycles. The van der Waals surface area contributed by atoms with Gasteiger partial charge < -0.3 is 5.11 Å². The lowest BCUT2D eigenvalue weighted by Crippen LogP contribution is -2.23. The van der Waals surface area contributed by atoms with E-state index in [1.165, 1.54) is 37.4 Å². The minimum absolute atomic E-state index is 0.427. The largest absolute Gasteiger partial charge is 0.380 e. The van der Waals surface area contributed by atoms with Crippen LogP contribution in [-0.2, 0) is 0 Å². The molecule has 2 nitrogen and oxygen atoms in total. The maximum Gasteiger partial charge on any atom is 0.115 e. The van der Waals surface area contributed by atoms with Gasteiger partial charge in [-0.25, -0.2) is 0 Å². The van der Waals surface area contributed by atoms with Crippen LogP contribution in [0.25, 0.3) is 0 Å². The molecule has 1 heterocycles. The van der Waals surface area contributed by atoms with Gasteiger partial charge in [-0.2, -0.15) is 5.26 Å². The third-order valence-corrected chi connectivity index (χ3v) is 8.31. The van der Waals surface area contributed by atoms with E-state index in [2.05, 4.69) is 24.8 Å². The summed E-state index contributed by atoms with van der Waals surface area (Å²) in [5, 5.41) is 18.9. The fourth-order valence-electron chi connectivity index (χ4n) is 3.33. The summed E-state index contributed by atoms with van der Waals surface area (Å²) in [6.07, 6.45) is 4.24. The van der Waals surface area contributed by atoms with Gasteiger partial charge in [0.15, 0.2) is 0 Å². The van der Waals surface area contributed by atoms with Crippen molar-refractivity contribution in [1.29, 1.82) is 5.26 Å². The smallest absolute Gasteiger partial charge is 0.115 e. The predicted molar refractivity (Wildman–Crippen MR) is 93.2 cm³/mol. The van der Waals surface area contributed by atoms with Crippen LogP contribution in [0.15, 0.2) is 24.3 Å². The first-order chi connectivity index (χ1) is 10.7. The van der Waals surface area contributed by atoms with Crippen molar-refractivity contribution in [2.75, 3.05) is 0 Å². The summed E-state index contributed by atoms with van der Waals surface area (Å²) >= 11 is 0. The summed E-state index contributed by atoms with van der Waals surface area (Å²) in [5.74, 6) is 6.63. The second kappa shape index (κ2) is 8.78. The first-order valence-corrected chi connectivity index (χ1v) is 10.9. The van der Waals surface area contributed by atoms with Gasteiger partial charge in [-0.15, -0.1) is 0 Å². The van der Waals surface area contributed by atoms with Crippen LogP contribution in [0.5, 0.6) is 0 Å². The van der Waals surface area contributed by atoms with E-state index < -0.39 is 14.9 Å². The number of benzene rings is 1. The normalized spacial score (nSPS) is 22.2. The van der Waals surface area contributed by atoms with Gasteiger partial charge in [-0.3, -0.25) is 0 Å². The number of hydrogen-bond acceptors (Lipinski definition) is 2. The Morgan fingerprint density at radius 1 is 1.23 bits per heavy atom. The molecule has 1 aliphatic rings. The van der Waals surface area contributed by atoms with Crippen molar-refractivity contribution >= 4 is 8.80 Å². The maximum atomic E-state index is 10.1. The highest BCUT2D eigenvalue weighted by molar-refractivity contribution is 6.58. The number of nitriles is 1. The molecule has 1 N–H and O–H groups in total. The topological polar surface area (TPSA) is 44.0 Å². The maximum absolute atomic E-state index is 10.1. The van der Waals surface area contributed by atoms with Crippen LogP contribution in [0.3, 0.4) is 0 Å². The summed E-state index contributed by atoms with van der Waals surface area (Å²) in [7, 11) is -0.427. The minimum Gasteiger partial charge on any atom is -0.380 e. The molecule has 1 saturated heterocycles. The number of aliphatic hydroxyl groups excluding tert-OH is 1. The number of aliphatic hydroxyl groups is 1. The lowest BCUT2D eigenvalue weighted by molar-refractivity contribution is 0.190. The molecule has 116 valence electrons. The Balaban J connectivity index is 1.80. The van der Waals surface area contributed by atoms with Crippen LogP contribution in [0.1, 0.15) is 43.7 Å². The lowest BCUT2D eigenvalue weighted by atomic mass is 9.95. The van der Waals surface area contributed by atoms with Gasteiger partial charge in [0.1, 0.15) is 6.10 Å². The van der Waals surface area contributed by atoms with Crippen LogP contribution in [0.2, 0.25) is 18.1 Å². The summed E-state index contributed by atoms with van der Waals surface area (Å²) in [6.45, 7) is 2.29. The SMILES string of the molecule is CCC[Si@H]1CC[C@H](CC(O)C#Cc2ccc(C#N)cc2)CC1. The van der Waals surface area contributed by atoms with Gasteiger partial charge in [-0.05, 0) is 36.6 Å². The molecule has 0 aromatic heterocycles. The second-order valence-corrected chi connectivity index (χ2v) is 9.85. The van der Waals surface area contributed by atoms with E-state index >= 15 is 0 Å². The molecule has 22 heavy (non-hydrogen) atoms. The lowest BCUT2D eigenvalue weighted by Gasteiger charge is -2.27. The van der Waals surface area contributed by atoms with E-state index in [9.17, 15) is 5.11 Å². The highest BCUT2D eigenvalue weighted by Crippen LogP contribution is 2.30. The van der Waals surface area contributed by atoms with E-state index in [4.69, 9.17) is 5.26 Å². The molecule has 1 aromatic rings. The zero-order chi connectivity index (χ0) is 15.8. The standard InChI is InChI=1S/C19H25NOSi/c1-2-11-22-12-9-17(10-13-22)14-19(21)8-7-16-3-5-18(15-20)6-4-16/h3-6,17,19,21-22H,2,9-14H2,1H3/t17-,19?,22-. The van der Waals surface area contributed by atoms with Crippen molar-refractivity contribution in [2.24, 2.45) is 5.92 Å². The zero-order valence-corrected chi connectivity index (χ0v) is 14.5. The Morgan fingerprint density at radius 2 is 1.86 bits per heavy atom. The number of hydrogen-bond donors (Lipinski definition) is 1. The monoisotopic (exact) mass is 311 g/mol. The summed E-state index contributed by atoms with van der Waals surface area (Å²) in [4.78, 5) is 0. The summed E-state index contributed by atoms with van der Waals surface area (Å²) in [6, 6.07) is 13.7. The fraction of sp³-hybridized carbons (Fsp3) is 0.526. The van der Waals surface area contributed by atoms with Crippen LogP contribution in [-0.4, -0.2) is 20.0 Å². The molecular weight excluding hydrogens is 286 g/mol. The molecule has 1 aliphatic heterocycles. The molecule has 1 atom stereocenters. The van der Waals surface area contributed by atoms with Crippen LogP contribution >= 0.6 is 0 Å². The third kappa shape index (κ3) is 5.33. The number of nitrogens with zero attached hydrogens (tertiary/aromatic N) is 1. The molecule has 0 spiro atoms. The third-order valence-electron chi connectivity index (χ3n) is 4.62. The van der Waals surface area contributed by atoms with Crippen molar-refractivity contribution in [3.63, 3.8) is 0 Å². The molecule has 0 bridgehead atoms. The van der Waals surface area contributed by atoms with Gasteiger partial charge in [0.05, 0.1) is 11.6 Å². The van der Waals surface area contributed by atoms with Gasteiger partial charge in [0.2, 0.25) is 0 Å². The van der Waals surface area contributed by atoms with Gasteiger partial charge in [0.25, 0.3) is 0 Å². The minimum atomic E-state index is -0.523. The molecule has 0 radical (unpaired) electrons. The molecule has 0 amide bonds. The molecule has 2 rings (SSSR count). The molecule has 3 heteroatoms. The molecule has 1 fully saturated rings. The average molecular weight is 312 g/mol. The average Bonchev–Trinajstić information content (AvgIpc) is 2.55. The van der Waals surface area contributed by atoms with Gasteiger partial charge >= 0.3 is 0 Å². The van der Waals surface area contributed by atoms with Gasteiger partial charge in [0, 0.05) is 14.4 Å². The van der Waals surface area contributed by atoms with E-state index in [1.807, 2.05) is 12.1 Å². The second-order valence-electron chi connectivity index (χ2n) is 6.39. The van der Waals surface area contributed by atoms with Crippen molar-refractivity contribution in [1.82, 2.24) is 0 Å². The first kappa shape index (κ1) is 16.8. The van der Waals surface area contributed by atoms with Crippen LogP contribution < -0.4 is 0 Å². The molecule has 0 saturated carbocycles. The van der Waals surface area contributed by atoms with E-state index in [0.717, 1.165) is 12.0 Å². The fourth-order valence-corrected chi connectivity index (χ4v) is 6.90. The molecular formula is C19H25NOSi. The predicted octanol–water partition coefficient (Wildman–Crippen LogP) is 3.71. The number of rotatable bonds is 4. The van der Waals surface area contributed by atoms with Crippen LogP contribution in [0, 0.1) is 29.1 Å². The van der Waals surface area contributed by atoms with Crippen LogP contribution in [0.4, 0.5) is 0 Å². The molecule has 0 aliphatic carbocycles. The highest BCUT2D eigenvalue weighted by atomic mass is 28.3. The van der Waals surface area contributed by atoms with E-state index in [1.54, 1.807) is 12.1 Å². The Morgan fingerprint density at radius 3 is 2.45 bits per heavy atom. The summed E-state index contributed by atoms with van der Waals surface area (Å²) < 4.78 is 0. The Labute approximate surface area is 135 Å². The highest BCUT2D eigenvalue weighted by Gasteiger charge is 2.22. The zero-order valence-electron chi connectivity index (χ0n) is 13.4.